The molecule has 1 aliphatic heterocycles. The van der Waals surface area contributed by atoms with E-state index in [9.17, 15) is 4.79 Å². The summed E-state index contributed by atoms with van der Waals surface area (Å²) >= 11 is 0. The van der Waals surface area contributed by atoms with E-state index in [0.717, 1.165) is 11.0 Å². The molecule has 0 radical (unpaired) electrons. The van der Waals surface area contributed by atoms with Crippen LogP contribution < -0.4 is 14.8 Å². The number of amides is 1. The number of hydrogen-bond acceptors (Lipinski definition) is 4. The number of aromatic amines is 1. The van der Waals surface area contributed by atoms with Crippen LogP contribution in [0.2, 0.25) is 0 Å². The van der Waals surface area contributed by atoms with E-state index in [1.807, 2.05) is 42.5 Å². The molecule has 0 saturated carbocycles. The van der Waals surface area contributed by atoms with Crippen LogP contribution in [0.3, 0.4) is 0 Å². The first-order valence-electron chi connectivity index (χ1n) is 6.94. The summed E-state index contributed by atoms with van der Waals surface area (Å²) in [5, 5.41) is 2.72. The molecule has 1 amide bonds. The highest BCUT2D eigenvalue weighted by molar-refractivity contribution is 5.94. The van der Waals surface area contributed by atoms with Gasteiger partial charge in [0.05, 0.1) is 11.0 Å². The van der Waals surface area contributed by atoms with Gasteiger partial charge in [-0.15, -0.1) is 0 Å². The van der Waals surface area contributed by atoms with Crippen LogP contribution in [0.5, 0.6) is 11.5 Å². The van der Waals surface area contributed by atoms with Crippen LogP contribution >= 0.6 is 0 Å². The van der Waals surface area contributed by atoms with Gasteiger partial charge >= 0.3 is 0 Å². The summed E-state index contributed by atoms with van der Waals surface area (Å²) in [4.78, 5) is 19.6. The van der Waals surface area contributed by atoms with Gasteiger partial charge < -0.3 is 14.5 Å². The number of benzene rings is 2. The number of imidazole rings is 1. The molecule has 0 fully saturated rings. The van der Waals surface area contributed by atoms with Crippen LogP contribution in [0.4, 0.5) is 5.95 Å². The maximum atomic E-state index is 12.3. The van der Waals surface area contributed by atoms with E-state index in [2.05, 4.69) is 15.3 Å². The highest BCUT2D eigenvalue weighted by atomic mass is 16.6. The van der Waals surface area contributed by atoms with Gasteiger partial charge in [-0.3, -0.25) is 10.1 Å². The predicted octanol–water partition coefficient (Wildman–Crippen LogP) is 2.34. The molecule has 0 saturated heterocycles. The Balaban J connectivity index is 1.51. The summed E-state index contributed by atoms with van der Waals surface area (Å²) in [6.45, 7) is 0.170. The van der Waals surface area contributed by atoms with Gasteiger partial charge in [0.25, 0.3) is 5.91 Å². The fourth-order valence-corrected chi connectivity index (χ4v) is 2.36. The maximum absolute atomic E-state index is 12.3. The molecule has 2 N–H and O–H groups in total. The summed E-state index contributed by atoms with van der Waals surface area (Å²) in [5.41, 5.74) is 1.66. The minimum atomic E-state index is -0.705. The lowest BCUT2D eigenvalue weighted by molar-refractivity contribution is -0.125. The number of fused-ring (bicyclic) bond motifs is 2. The quantitative estimate of drug-likeness (QED) is 0.761. The third-order valence-electron chi connectivity index (χ3n) is 3.43. The molecule has 0 bridgehead atoms. The van der Waals surface area contributed by atoms with Crippen molar-refractivity contribution >= 4 is 22.9 Å². The molecule has 6 nitrogen and oxygen atoms in total. The molecule has 22 heavy (non-hydrogen) atoms. The zero-order valence-corrected chi connectivity index (χ0v) is 11.6. The lowest BCUT2D eigenvalue weighted by atomic mass is 10.2. The van der Waals surface area contributed by atoms with Crippen molar-refractivity contribution < 1.29 is 14.3 Å². The second-order valence-corrected chi connectivity index (χ2v) is 4.96. The normalized spacial score (nSPS) is 16.5. The number of hydrogen-bond donors (Lipinski definition) is 2. The largest absolute Gasteiger partial charge is 0.485 e. The maximum Gasteiger partial charge on any atom is 0.271 e. The molecule has 0 aliphatic carbocycles. The zero-order chi connectivity index (χ0) is 14.9. The molecule has 2 heterocycles. The minimum Gasteiger partial charge on any atom is -0.485 e. The van der Waals surface area contributed by atoms with Crippen molar-refractivity contribution in [2.45, 2.75) is 6.10 Å². The lowest BCUT2D eigenvalue weighted by Gasteiger charge is -2.25. The number of nitrogens with one attached hydrogen (secondary N) is 2. The van der Waals surface area contributed by atoms with Gasteiger partial charge in [0, 0.05) is 0 Å². The number of carbonyl (C=O) groups excluding carboxylic acids is 1. The monoisotopic (exact) mass is 295 g/mol. The summed E-state index contributed by atoms with van der Waals surface area (Å²) in [7, 11) is 0. The van der Waals surface area contributed by atoms with Crippen LogP contribution in [0.1, 0.15) is 0 Å². The second kappa shape index (κ2) is 5.07. The first kappa shape index (κ1) is 12.7. The third-order valence-corrected chi connectivity index (χ3v) is 3.43. The lowest BCUT2D eigenvalue weighted by Crippen LogP contribution is -2.40. The van der Waals surface area contributed by atoms with Crippen molar-refractivity contribution in [1.29, 1.82) is 0 Å². The fourth-order valence-electron chi connectivity index (χ4n) is 2.36. The first-order valence-corrected chi connectivity index (χ1v) is 6.94. The Kier molecular flexibility index (Phi) is 2.93. The Bertz CT molecular complexity index is 810. The topological polar surface area (TPSA) is 76.2 Å². The Morgan fingerprint density at radius 2 is 1.91 bits per heavy atom. The molecule has 0 unspecified atom stereocenters. The minimum absolute atomic E-state index is 0.170. The van der Waals surface area contributed by atoms with Gasteiger partial charge in [0.2, 0.25) is 12.1 Å². The van der Waals surface area contributed by atoms with Crippen molar-refractivity contribution in [3.8, 4) is 11.5 Å². The summed E-state index contributed by atoms with van der Waals surface area (Å²) in [6.07, 6.45) is -0.705. The van der Waals surface area contributed by atoms with E-state index in [1.165, 1.54) is 0 Å². The van der Waals surface area contributed by atoms with Crippen molar-refractivity contribution in [3.63, 3.8) is 0 Å². The summed E-state index contributed by atoms with van der Waals surface area (Å²) < 4.78 is 11.2. The zero-order valence-electron chi connectivity index (χ0n) is 11.6. The molecule has 6 heteroatoms. The number of aromatic nitrogens is 2. The fraction of sp³-hybridized carbons (Fsp3) is 0.125. The number of nitrogens with zero attached hydrogens (tertiary/aromatic N) is 1. The molecule has 0 spiro atoms. The van der Waals surface area contributed by atoms with Crippen molar-refractivity contribution in [3.05, 3.63) is 48.5 Å². The summed E-state index contributed by atoms with van der Waals surface area (Å²) in [6, 6.07) is 14.8. The van der Waals surface area contributed by atoms with Crippen LogP contribution in [-0.2, 0) is 4.79 Å². The van der Waals surface area contributed by atoms with Gasteiger partial charge in [-0.2, -0.15) is 0 Å². The average molecular weight is 295 g/mol. The number of para-hydroxylation sites is 4. The number of anilines is 1. The molecule has 1 aromatic heterocycles. The predicted molar refractivity (Wildman–Crippen MR) is 81.1 cm³/mol. The molecule has 1 aliphatic rings. The van der Waals surface area contributed by atoms with E-state index in [-0.39, 0.29) is 12.5 Å². The highest BCUT2D eigenvalue weighted by Crippen LogP contribution is 2.31. The number of ether oxygens (including phenoxy) is 2. The van der Waals surface area contributed by atoms with Crippen molar-refractivity contribution in [2.24, 2.45) is 0 Å². The van der Waals surface area contributed by atoms with Gasteiger partial charge in [0.15, 0.2) is 11.5 Å². The molecule has 2 aromatic carbocycles. The van der Waals surface area contributed by atoms with Gasteiger partial charge in [0.1, 0.15) is 6.61 Å². The smallest absolute Gasteiger partial charge is 0.271 e. The van der Waals surface area contributed by atoms with Gasteiger partial charge in [-0.1, -0.05) is 24.3 Å². The van der Waals surface area contributed by atoms with Crippen LogP contribution in [-0.4, -0.2) is 28.6 Å². The van der Waals surface area contributed by atoms with Crippen molar-refractivity contribution in [1.82, 2.24) is 9.97 Å². The standard InChI is InChI=1S/C16H13N3O3/c20-15(14-9-21-12-7-3-4-8-13(12)22-14)19-16-17-10-5-1-2-6-11(10)18-16/h1-8,14H,9H2,(H2,17,18,19,20)/t14-/m0/s1. The van der Waals surface area contributed by atoms with Crippen LogP contribution in [0.25, 0.3) is 11.0 Å². The van der Waals surface area contributed by atoms with E-state index in [0.29, 0.717) is 17.4 Å². The number of carbonyl (C=O) groups is 1. The number of H-pyrrole nitrogens is 1. The van der Waals surface area contributed by atoms with E-state index >= 15 is 0 Å². The molecular weight excluding hydrogens is 282 g/mol. The third kappa shape index (κ3) is 2.24. The Hall–Kier alpha value is -3.02. The van der Waals surface area contributed by atoms with Crippen LogP contribution in [0.15, 0.2) is 48.5 Å². The second-order valence-electron chi connectivity index (χ2n) is 4.96. The Morgan fingerprint density at radius 1 is 1.14 bits per heavy atom. The highest BCUT2D eigenvalue weighted by Gasteiger charge is 2.27. The van der Waals surface area contributed by atoms with Gasteiger partial charge in [-0.05, 0) is 24.3 Å². The van der Waals surface area contributed by atoms with E-state index in [1.54, 1.807) is 6.07 Å². The summed E-state index contributed by atoms with van der Waals surface area (Å²) in [5.74, 6) is 1.32. The van der Waals surface area contributed by atoms with E-state index in [4.69, 9.17) is 9.47 Å². The van der Waals surface area contributed by atoms with E-state index < -0.39 is 6.10 Å². The number of rotatable bonds is 2. The molecule has 110 valence electrons. The van der Waals surface area contributed by atoms with Gasteiger partial charge in [-0.25, -0.2) is 4.98 Å². The van der Waals surface area contributed by atoms with Crippen molar-refractivity contribution in [2.75, 3.05) is 11.9 Å². The Morgan fingerprint density at radius 3 is 2.77 bits per heavy atom. The molecule has 1 atom stereocenters. The first-order chi connectivity index (χ1) is 10.8. The molecule has 3 aromatic rings. The average Bonchev–Trinajstić information content (AvgIpc) is 2.96. The van der Waals surface area contributed by atoms with Crippen LogP contribution in [0, 0.1) is 0 Å². The molecular formula is C16H13N3O3. The Labute approximate surface area is 126 Å². The molecule has 4 rings (SSSR count). The SMILES string of the molecule is O=C(Nc1nc2ccccc2[nH]1)[C@@H]1COc2ccccc2O1.